The van der Waals surface area contributed by atoms with Crippen LogP contribution in [0.15, 0.2) is 36.4 Å². The second-order valence-electron chi connectivity index (χ2n) is 8.44. The minimum absolute atomic E-state index is 0.0306. The molecule has 1 fully saturated rings. The van der Waals surface area contributed by atoms with Gasteiger partial charge in [0.2, 0.25) is 5.91 Å². The van der Waals surface area contributed by atoms with E-state index in [-0.39, 0.29) is 23.9 Å². The van der Waals surface area contributed by atoms with E-state index < -0.39 is 29.6 Å². The molecule has 0 unspecified atom stereocenters. The lowest BCUT2D eigenvalue weighted by Crippen LogP contribution is -2.49. The fourth-order valence-corrected chi connectivity index (χ4v) is 3.97. The number of rotatable bonds is 5. The molecular formula is C21H26N2O5. The first-order valence-electron chi connectivity index (χ1n) is 9.40. The first kappa shape index (κ1) is 19.9. The van der Waals surface area contributed by atoms with E-state index in [2.05, 4.69) is 31.6 Å². The molecule has 0 radical (unpaired) electrons. The maximum Gasteiger partial charge on any atom is 0.307 e. The van der Waals surface area contributed by atoms with Crippen LogP contribution in [-0.2, 0) is 19.8 Å². The lowest BCUT2D eigenvalue weighted by molar-refractivity contribution is -0.148. The van der Waals surface area contributed by atoms with Crippen LogP contribution < -0.4 is 15.6 Å². The topological polar surface area (TPSA) is 105 Å². The van der Waals surface area contributed by atoms with Gasteiger partial charge in [-0.05, 0) is 41.4 Å². The Bertz CT molecular complexity index is 794. The smallest absolute Gasteiger partial charge is 0.307 e. The van der Waals surface area contributed by atoms with Crippen LogP contribution in [0.2, 0.25) is 0 Å². The number of fused-ring (bicyclic) bond motifs is 2. The molecule has 2 amide bonds. The van der Waals surface area contributed by atoms with Gasteiger partial charge in [0.05, 0.1) is 11.8 Å². The molecule has 3 N–H and O–H groups in total. The van der Waals surface area contributed by atoms with Crippen molar-refractivity contribution < 1.29 is 24.2 Å². The average molecular weight is 386 g/mol. The van der Waals surface area contributed by atoms with E-state index in [0.29, 0.717) is 12.2 Å². The van der Waals surface area contributed by atoms with E-state index in [1.165, 1.54) is 0 Å². The number of amides is 2. The van der Waals surface area contributed by atoms with Gasteiger partial charge in [0.1, 0.15) is 5.75 Å². The van der Waals surface area contributed by atoms with E-state index in [9.17, 15) is 19.5 Å². The van der Waals surface area contributed by atoms with Gasteiger partial charge in [-0.3, -0.25) is 25.2 Å². The number of hydrazine groups is 1. The third-order valence-corrected chi connectivity index (χ3v) is 5.46. The monoisotopic (exact) mass is 386 g/mol. The fraction of sp³-hybridized carbons (Fsp3) is 0.476. The summed E-state index contributed by atoms with van der Waals surface area (Å²) in [6.45, 7) is 6.08. The highest BCUT2D eigenvalue weighted by atomic mass is 16.5. The van der Waals surface area contributed by atoms with E-state index in [4.69, 9.17) is 4.74 Å². The number of carbonyl (C=O) groups excluding carboxylic acids is 2. The number of ether oxygens (including phenoxy) is 1. The zero-order valence-corrected chi connectivity index (χ0v) is 16.3. The van der Waals surface area contributed by atoms with Crippen LogP contribution in [0, 0.1) is 23.7 Å². The summed E-state index contributed by atoms with van der Waals surface area (Å²) >= 11 is 0. The van der Waals surface area contributed by atoms with Crippen molar-refractivity contribution in [1.82, 2.24) is 10.9 Å². The van der Waals surface area contributed by atoms with Crippen LogP contribution in [0.25, 0.3) is 0 Å². The lowest BCUT2D eigenvalue weighted by Gasteiger charge is -2.23. The number of carboxylic acids is 1. The molecular weight excluding hydrogens is 360 g/mol. The molecule has 2 aliphatic rings. The molecule has 0 saturated heterocycles. The highest BCUT2D eigenvalue weighted by molar-refractivity contribution is 5.88. The number of aliphatic carboxylic acids is 1. The first-order valence-corrected chi connectivity index (χ1v) is 9.40. The molecule has 7 heteroatoms. The minimum Gasteiger partial charge on any atom is -0.484 e. The normalized spacial score (nSPS) is 25.4. The van der Waals surface area contributed by atoms with E-state index >= 15 is 0 Å². The molecule has 0 spiro atoms. The summed E-state index contributed by atoms with van der Waals surface area (Å²) in [6, 6.07) is 7.49. The predicted molar refractivity (Wildman–Crippen MR) is 102 cm³/mol. The molecule has 28 heavy (non-hydrogen) atoms. The Hall–Kier alpha value is -2.83. The number of hydrogen-bond acceptors (Lipinski definition) is 4. The molecule has 4 atom stereocenters. The molecule has 2 bridgehead atoms. The third-order valence-electron chi connectivity index (χ3n) is 5.46. The molecule has 1 aromatic rings. The van der Waals surface area contributed by atoms with Gasteiger partial charge in [-0.1, -0.05) is 45.1 Å². The summed E-state index contributed by atoms with van der Waals surface area (Å²) in [6.07, 6.45) is 4.42. The summed E-state index contributed by atoms with van der Waals surface area (Å²) in [5, 5.41) is 9.39. The van der Waals surface area contributed by atoms with Crippen LogP contribution in [0.4, 0.5) is 0 Å². The fourth-order valence-electron chi connectivity index (χ4n) is 3.97. The predicted octanol–water partition coefficient (Wildman–Crippen LogP) is 2.03. The molecule has 0 heterocycles. The molecule has 2 aliphatic carbocycles. The van der Waals surface area contributed by atoms with Crippen LogP contribution in [0.5, 0.6) is 5.75 Å². The Balaban J connectivity index is 1.47. The van der Waals surface area contributed by atoms with E-state index in [1.54, 1.807) is 12.1 Å². The van der Waals surface area contributed by atoms with Gasteiger partial charge in [0.25, 0.3) is 5.91 Å². The van der Waals surface area contributed by atoms with Crippen LogP contribution in [0.3, 0.4) is 0 Å². The van der Waals surface area contributed by atoms with Crippen molar-refractivity contribution in [3.8, 4) is 5.75 Å². The molecule has 1 aromatic carbocycles. The summed E-state index contributed by atoms with van der Waals surface area (Å²) in [4.78, 5) is 35.8. The number of nitrogens with one attached hydrogen (secondary N) is 2. The van der Waals surface area contributed by atoms with Gasteiger partial charge < -0.3 is 9.84 Å². The van der Waals surface area contributed by atoms with Gasteiger partial charge in [-0.25, -0.2) is 0 Å². The number of hydrogen-bond donors (Lipinski definition) is 3. The zero-order chi connectivity index (χ0) is 20.5. The largest absolute Gasteiger partial charge is 0.484 e. The van der Waals surface area contributed by atoms with Crippen molar-refractivity contribution >= 4 is 17.8 Å². The van der Waals surface area contributed by atoms with Crippen molar-refractivity contribution in [1.29, 1.82) is 0 Å². The Morgan fingerprint density at radius 1 is 1.04 bits per heavy atom. The van der Waals surface area contributed by atoms with Crippen LogP contribution >= 0.6 is 0 Å². The van der Waals surface area contributed by atoms with Gasteiger partial charge in [-0.2, -0.15) is 0 Å². The third kappa shape index (κ3) is 4.18. The first-order chi connectivity index (χ1) is 13.2. The van der Waals surface area contributed by atoms with Crippen molar-refractivity contribution in [3.05, 3.63) is 42.0 Å². The highest BCUT2D eigenvalue weighted by Gasteiger charge is 2.51. The molecule has 1 saturated carbocycles. The van der Waals surface area contributed by atoms with Crippen molar-refractivity contribution in [2.45, 2.75) is 32.6 Å². The quantitative estimate of drug-likeness (QED) is 0.531. The van der Waals surface area contributed by atoms with Crippen molar-refractivity contribution in [3.63, 3.8) is 0 Å². The summed E-state index contributed by atoms with van der Waals surface area (Å²) in [7, 11) is 0. The zero-order valence-electron chi connectivity index (χ0n) is 16.3. The van der Waals surface area contributed by atoms with Crippen molar-refractivity contribution in [2.75, 3.05) is 6.61 Å². The number of allylic oxidation sites excluding steroid dienone is 2. The van der Waals surface area contributed by atoms with Gasteiger partial charge in [0.15, 0.2) is 6.61 Å². The molecule has 7 nitrogen and oxygen atoms in total. The second-order valence-corrected chi connectivity index (χ2v) is 8.44. The maximum absolute atomic E-state index is 12.4. The standard InChI is InChI=1S/C21H26N2O5/c1-21(2,3)14-6-8-15(9-7-14)28-11-16(24)22-23-19(25)17-12-4-5-13(10-12)18(17)20(26)27/h4-9,12-13,17-18H,10-11H2,1-3H3,(H,22,24)(H,23,25)(H,26,27)/t12-,13-,17+,18-/m0/s1. The summed E-state index contributed by atoms with van der Waals surface area (Å²) in [5.74, 6) is -3.05. The molecule has 150 valence electrons. The van der Waals surface area contributed by atoms with Crippen LogP contribution in [0.1, 0.15) is 32.8 Å². The van der Waals surface area contributed by atoms with Crippen LogP contribution in [-0.4, -0.2) is 29.5 Å². The van der Waals surface area contributed by atoms with Gasteiger partial charge in [0, 0.05) is 0 Å². The lowest BCUT2D eigenvalue weighted by atomic mass is 9.82. The number of carboxylic acid groups (broad SMARTS) is 1. The van der Waals surface area contributed by atoms with Gasteiger partial charge >= 0.3 is 5.97 Å². The minimum atomic E-state index is -0.981. The maximum atomic E-state index is 12.4. The summed E-state index contributed by atoms with van der Waals surface area (Å²) in [5.41, 5.74) is 5.83. The SMILES string of the molecule is CC(C)(C)c1ccc(OCC(=O)NNC(=O)[C@H]2[C@@H](C(=O)O)[C@H]3C=C[C@H]2C3)cc1. The van der Waals surface area contributed by atoms with E-state index in [0.717, 1.165) is 5.56 Å². The number of carbonyl (C=O) groups is 3. The number of benzene rings is 1. The van der Waals surface area contributed by atoms with Crippen molar-refractivity contribution in [2.24, 2.45) is 23.7 Å². The summed E-state index contributed by atoms with van der Waals surface area (Å²) < 4.78 is 5.43. The average Bonchev–Trinajstić information content (AvgIpc) is 3.25. The molecule has 3 rings (SSSR count). The second kappa shape index (κ2) is 7.66. The Labute approximate surface area is 164 Å². The Morgan fingerprint density at radius 2 is 1.64 bits per heavy atom. The molecule has 0 aliphatic heterocycles. The highest BCUT2D eigenvalue weighted by Crippen LogP contribution is 2.48. The Morgan fingerprint density at radius 3 is 2.21 bits per heavy atom. The molecule has 0 aromatic heterocycles. The Kier molecular flexibility index (Phi) is 5.45. The van der Waals surface area contributed by atoms with E-state index in [1.807, 2.05) is 24.3 Å². The van der Waals surface area contributed by atoms with Gasteiger partial charge in [-0.15, -0.1) is 0 Å².